The highest BCUT2D eigenvalue weighted by atomic mass is 32.2. The molecule has 0 radical (unpaired) electrons. The number of phenols is 1. The van der Waals surface area contributed by atoms with Gasteiger partial charge in [0.2, 0.25) is 5.91 Å². The minimum Gasteiger partial charge on any atom is -0.508 e. The topological polar surface area (TPSA) is 53.0 Å². The van der Waals surface area contributed by atoms with Gasteiger partial charge < -0.3 is 14.7 Å². The summed E-state index contributed by atoms with van der Waals surface area (Å²) in [5.74, 6) is 3.06. The Labute approximate surface area is 177 Å². The lowest BCUT2D eigenvalue weighted by atomic mass is 10.0. The van der Waals surface area contributed by atoms with Crippen LogP contribution in [0.2, 0.25) is 0 Å². The van der Waals surface area contributed by atoms with Crippen LogP contribution in [0.1, 0.15) is 30.0 Å². The second-order valence-corrected chi connectivity index (χ2v) is 8.73. The Morgan fingerprint density at radius 1 is 1.07 bits per heavy atom. The van der Waals surface area contributed by atoms with Crippen molar-refractivity contribution in [1.82, 2.24) is 9.21 Å². The Morgan fingerprint density at radius 2 is 1.69 bits per heavy atom. The first kappa shape index (κ1) is 21.5. The number of hydrogen-bond donors (Lipinski definition) is 1. The van der Waals surface area contributed by atoms with Gasteiger partial charge in [-0.15, -0.1) is 0 Å². The molecule has 1 N–H and O–H groups in total. The molecule has 0 spiro atoms. The summed E-state index contributed by atoms with van der Waals surface area (Å²) >= 11 is 1.85. The molecule has 1 aliphatic heterocycles. The Hall–Kier alpha value is -2.18. The molecule has 0 bridgehead atoms. The summed E-state index contributed by atoms with van der Waals surface area (Å²) in [4.78, 5) is 14.6. The van der Waals surface area contributed by atoms with Crippen molar-refractivity contribution in [2.24, 2.45) is 0 Å². The number of carbonyl (C=O) groups is 1. The maximum atomic E-state index is 12.6. The highest BCUT2D eigenvalue weighted by Gasteiger charge is 2.21. The first-order valence-electron chi connectivity index (χ1n) is 10.2. The highest BCUT2D eigenvalue weighted by molar-refractivity contribution is 7.96. The summed E-state index contributed by atoms with van der Waals surface area (Å²) in [6.45, 7) is 9.76. The van der Waals surface area contributed by atoms with Crippen LogP contribution in [0.25, 0.3) is 0 Å². The maximum Gasteiger partial charge on any atom is 0.222 e. The molecule has 5 nitrogen and oxygen atoms in total. The Morgan fingerprint density at radius 3 is 2.28 bits per heavy atom. The van der Waals surface area contributed by atoms with E-state index >= 15 is 0 Å². The average Bonchev–Trinajstić information content (AvgIpc) is 2.71. The van der Waals surface area contributed by atoms with Crippen molar-refractivity contribution in [3.05, 3.63) is 53.1 Å². The lowest BCUT2D eigenvalue weighted by molar-refractivity contribution is -0.132. The molecular weight excluding hydrogens is 384 g/mol. The second-order valence-electron chi connectivity index (χ2n) is 7.38. The van der Waals surface area contributed by atoms with Crippen molar-refractivity contribution < 1.29 is 14.6 Å². The van der Waals surface area contributed by atoms with Crippen LogP contribution < -0.4 is 4.74 Å². The normalized spacial score (nSPS) is 14.8. The number of piperazine rings is 1. The molecule has 156 valence electrons. The molecule has 2 aromatic rings. The molecule has 3 rings (SSSR count). The Bertz CT molecular complexity index is 808. The van der Waals surface area contributed by atoms with Gasteiger partial charge in [-0.2, -0.15) is 0 Å². The standard InChI is InChI=1S/C23H30N2O3S/c1-4-29-25-13-11-24(12-14-25)22(27)10-5-19-15-17(2)23(18(3)16-19)28-21-8-6-20(26)7-9-21/h6-9,15-16,26H,4-5,10-14H2,1-3H3. The minimum atomic E-state index is 0.219. The quantitative estimate of drug-likeness (QED) is 0.674. The zero-order valence-corrected chi connectivity index (χ0v) is 18.3. The zero-order valence-electron chi connectivity index (χ0n) is 17.5. The summed E-state index contributed by atoms with van der Waals surface area (Å²) in [6, 6.07) is 10.9. The number of rotatable bonds is 7. The number of benzene rings is 2. The number of carbonyl (C=O) groups excluding carboxylic acids is 1. The number of ether oxygens (including phenoxy) is 1. The fourth-order valence-electron chi connectivity index (χ4n) is 3.64. The van der Waals surface area contributed by atoms with E-state index in [-0.39, 0.29) is 11.7 Å². The van der Waals surface area contributed by atoms with Crippen LogP contribution in [0.15, 0.2) is 36.4 Å². The molecule has 2 aromatic carbocycles. The van der Waals surface area contributed by atoms with Gasteiger partial charge in [0.1, 0.15) is 17.2 Å². The average molecular weight is 415 g/mol. The molecule has 29 heavy (non-hydrogen) atoms. The van der Waals surface area contributed by atoms with Crippen molar-refractivity contribution in [3.8, 4) is 17.2 Å². The van der Waals surface area contributed by atoms with Gasteiger partial charge in [0.05, 0.1) is 0 Å². The van der Waals surface area contributed by atoms with E-state index in [0.29, 0.717) is 12.2 Å². The first-order valence-corrected chi connectivity index (χ1v) is 11.1. The number of phenolic OH excluding ortho intramolecular Hbond substituents is 1. The third-order valence-corrected chi connectivity index (χ3v) is 6.10. The highest BCUT2D eigenvalue weighted by Crippen LogP contribution is 2.31. The van der Waals surface area contributed by atoms with E-state index in [1.54, 1.807) is 24.3 Å². The molecule has 0 aliphatic carbocycles. The number of amides is 1. The van der Waals surface area contributed by atoms with Crippen LogP contribution >= 0.6 is 11.9 Å². The molecule has 6 heteroatoms. The van der Waals surface area contributed by atoms with E-state index in [9.17, 15) is 9.90 Å². The van der Waals surface area contributed by atoms with E-state index in [1.165, 1.54) is 0 Å². The van der Waals surface area contributed by atoms with Crippen LogP contribution in [0.4, 0.5) is 0 Å². The predicted molar refractivity (Wildman–Crippen MR) is 119 cm³/mol. The van der Waals surface area contributed by atoms with Crippen LogP contribution in [0, 0.1) is 13.8 Å². The van der Waals surface area contributed by atoms with Gasteiger partial charge in [0, 0.05) is 38.4 Å². The van der Waals surface area contributed by atoms with Crippen LogP contribution in [0.5, 0.6) is 17.2 Å². The van der Waals surface area contributed by atoms with Gasteiger partial charge >= 0.3 is 0 Å². The summed E-state index contributed by atoms with van der Waals surface area (Å²) in [5.41, 5.74) is 3.25. The van der Waals surface area contributed by atoms with Gasteiger partial charge in [-0.05, 0) is 61.2 Å². The summed E-state index contributed by atoms with van der Waals surface area (Å²) in [7, 11) is 0. The van der Waals surface area contributed by atoms with Gasteiger partial charge in [0.25, 0.3) is 0 Å². The Kier molecular flexibility index (Phi) is 7.45. The SMILES string of the molecule is CCSN1CCN(C(=O)CCc2cc(C)c(Oc3ccc(O)cc3)c(C)c2)CC1. The maximum absolute atomic E-state index is 12.6. The van der Waals surface area contributed by atoms with E-state index in [1.807, 2.05) is 30.7 Å². The largest absolute Gasteiger partial charge is 0.508 e. The molecule has 0 atom stereocenters. The summed E-state index contributed by atoms with van der Waals surface area (Å²) < 4.78 is 8.36. The van der Waals surface area contributed by atoms with Gasteiger partial charge in [-0.3, -0.25) is 4.79 Å². The fourth-order valence-corrected chi connectivity index (χ4v) is 4.42. The molecule has 1 amide bonds. The minimum absolute atomic E-state index is 0.219. The molecular formula is C23H30N2O3S. The number of nitrogens with zero attached hydrogens (tertiary/aromatic N) is 2. The number of aromatic hydroxyl groups is 1. The van der Waals surface area contributed by atoms with Gasteiger partial charge in [-0.1, -0.05) is 31.0 Å². The molecule has 0 aromatic heterocycles. The molecule has 1 heterocycles. The molecule has 0 unspecified atom stereocenters. The van der Waals surface area contributed by atoms with Crippen molar-refractivity contribution in [2.45, 2.75) is 33.6 Å². The van der Waals surface area contributed by atoms with Crippen molar-refractivity contribution in [2.75, 3.05) is 31.9 Å². The molecule has 1 saturated heterocycles. The first-order chi connectivity index (χ1) is 14.0. The third kappa shape index (κ3) is 5.90. The van der Waals surface area contributed by atoms with Crippen LogP contribution in [0.3, 0.4) is 0 Å². The Balaban J connectivity index is 1.56. The van der Waals surface area contributed by atoms with Crippen LogP contribution in [-0.2, 0) is 11.2 Å². The van der Waals surface area contributed by atoms with Crippen molar-refractivity contribution in [3.63, 3.8) is 0 Å². The van der Waals surface area contributed by atoms with Crippen molar-refractivity contribution >= 4 is 17.9 Å². The summed E-state index contributed by atoms with van der Waals surface area (Å²) in [5, 5.41) is 9.41. The second kappa shape index (κ2) is 10.0. The predicted octanol–water partition coefficient (Wildman–Crippen LogP) is 4.55. The zero-order chi connectivity index (χ0) is 20.8. The fraction of sp³-hybridized carbons (Fsp3) is 0.435. The lowest BCUT2D eigenvalue weighted by Crippen LogP contribution is -2.46. The van der Waals surface area contributed by atoms with Gasteiger partial charge in [0.15, 0.2) is 0 Å². The lowest BCUT2D eigenvalue weighted by Gasteiger charge is -2.33. The van der Waals surface area contributed by atoms with E-state index in [0.717, 1.165) is 60.8 Å². The van der Waals surface area contributed by atoms with E-state index in [2.05, 4.69) is 23.4 Å². The number of hydrogen-bond acceptors (Lipinski definition) is 5. The smallest absolute Gasteiger partial charge is 0.222 e. The van der Waals surface area contributed by atoms with E-state index < -0.39 is 0 Å². The molecule has 1 aliphatic rings. The van der Waals surface area contributed by atoms with E-state index in [4.69, 9.17) is 4.74 Å². The molecule has 1 fully saturated rings. The monoisotopic (exact) mass is 414 g/mol. The molecule has 0 saturated carbocycles. The summed E-state index contributed by atoms with van der Waals surface area (Å²) in [6.07, 6.45) is 1.28. The third-order valence-electron chi connectivity index (χ3n) is 5.11. The van der Waals surface area contributed by atoms with Crippen LogP contribution in [-0.4, -0.2) is 52.2 Å². The van der Waals surface area contributed by atoms with Crippen molar-refractivity contribution in [1.29, 1.82) is 0 Å². The van der Waals surface area contributed by atoms with Gasteiger partial charge in [-0.25, -0.2) is 4.31 Å². The number of aryl methyl sites for hydroxylation is 3.